The molecular formula is C8H12ClI. The Labute approximate surface area is 80.8 Å². The molecule has 0 nitrogen and oxygen atoms in total. The van der Waals surface area contributed by atoms with Gasteiger partial charge in [0.1, 0.15) is 0 Å². The minimum atomic E-state index is 0.518. The number of hydrogen-bond donors (Lipinski definition) is 0. The third-order valence-electron chi connectivity index (χ3n) is 2.99. The molecule has 0 radical (unpaired) electrons. The fourth-order valence-electron chi connectivity index (χ4n) is 2.28. The van der Waals surface area contributed by atoms with Gasteiger partial charge in [0, 0.05) is 9.30 Å². The van der Waals surface area contributed by atoms with Crippen molar-refractivity contribution in [3.8, 4) is 0 Å². The monoisotopic (exact) mass is 270 g/mol. The van der Waals surface area contributed by atoms with Gasteiger partial charge in [-0.25, -0.2) is 0 Å². The van der Waals surface area contributed by atoms with Gasteiger partial charge in [0.25, 0.3) is 0 Å². The second kappa shape index (κ2) is 2.81. The Kier molecular flexibility index (Phi) is 2.16. The molecule has 58 valence electrons. The predicted octanol–water partition coefficient (Wildman–Crippen LogP) is 3.22. The van der Waals surface area contributed by atoms with Crippen LogP contribution in [0, 0.1) is 11.8 Å². The summed E-state index contributed by atoms with van der Waals surface area (Å²) in [4.78, 5) is 0. The first kappa shape index (κ1) is 7.66. The molecule has 0 saturated heterocycles. The van der Waals surface area contributed by atoms with Gasteiger partial charge in [-0.15, -0.1) is 11.6 Å². The summed E-state index contributed by atoms with van der Waals surface area (Å²) < 4.78 is 0.936. The Morgan fingerprint density at radius 1 is 1.10 bits per heavy atom. The largest absolute Gasteiger partial charge is 0.123 e. The van der Waals surface area contributed by atoms with Crippen LogP contribution in [0.3, 0.4) is 0 Å². The highest BCUT2D eigenvalue weighted by atomic mass is 127. The fraction of sp³-hybridized carbons (Fsp3) is 1.00. The van der Waals surface area contributed by atoms with Crippen molar-refractivity contribution in [2.75, 3.05) is 0 Å². The average molecular weight is 271 g/mol. The van der Waals surface area contributed by atoms with Crippen molar-refractivity contribution in [3.63, 3.8) is 0 Å². The van der Waals surface area contributed by atoms with Crippen LogP contribution in [0.2, 0.25) is 0 Å². The SMILES string of the molecule is ClC1CC2CCC1CC2I. The molecule has 0 aromatic heterocycles. The van der Waals surface area contributed by atoms with E-state index in [0.717, 1.165) is 15.8 Å². The Morgan fingerprint density at radius 3 is 2.10 bits per heavy atom. The summed E-state index contributed by atoms with van der Waals surface area (Å²) in [7, 11) is 0. The molecule has 0 N–H and O–H groups in total. The van der Waals surface area contributed by atoms with E-state index in [1.807, 2.05) is 0 Å². The van der Waals surface area contributed by atoms with Gasteiger partial charge in [-0.3, -0.25) is 0 Å². The van der Waals surface area contributed by atoms with E-state index in [9.17, 15) is 0 Å². The smallest absolute Gasteiger partial charge is 0.0367 e. The number of alkyl halides is 2. The third kappa shape index (κ3) is 1.20. The number of rotatable bonds is 0. The van der Waals surface area contributed by atoms with Gasteiger partial charge >= 0.3 is 0 Å². The molecule has 3 aliphatic carbocycles. The van der Waals surface area contributed by atoms with E-state index in [1.54, 1.807) is 0 Å². The van der Waals surface area contributed by atoms with Crippen molar-refractivity contribution in [3.05, 3.63) is 0 Å². The lowest BCUT2D eigenvalue weighted by Gasteiger charge is -2.42. The van der Waals surface area contributed by atoms with Gasteiger partial charge in [-0.05, 0) is 37.5 Å². The molecule has 4 unspecified atom stereocenters. The maximum atomic E-state index is 6.18. The van der Waals surface area contributed by atoms with Crippen LogP contribution in [0.1, 0.15) is 25.7 Å². The Balaban J connectivity index is 2.09. The van der Waals surface area contributed by atoms with Gasteiger partial charge in [-0.1, -0.05) is 22.6 Å². The van der Waals surface area contributed by atoms with Crippen LogP contribution in [0.15, 0.2) is 0 Å². The Hall–Kier alpha value is 1.02. The van der Waals surface area contributed by atoms with Crippen molar-refractivity contribution in [1.29, 1.82) is 0 Å². The molecule has 4 atom stereocenters. The molecule has 2 bridgehead atoms. The minimum absolute atomic E-state index is 0.518. The molecule has 3 saturated carbocycles. The van der Waals surface area contributed by atoms with Crippen LogP contribution in [0.4, 0.5) is 0 Å². The Morgan fingerprint density at radius 2 is 1.80 bits per heavy atom. The Bertz CT molecular complexity index is 121. The van der Waals surface area contributed by atoms with Gasteiger partial charge in [-0.2, -0.15) is 0 Å². The van der Waals surface area contributed by atoms with E-state index in [1.165, 1.54) is 25.7 Å². The maximum Gasteiger partial charge on any atom is 0.0367 e. The van der Waals surface area contributed by atoms with Crippen LogP contribution in [-0.4, -0.2) is 9.30 Å². The lowest BCUT2D eigenvalue weighted by Crippen LogP contribution is -2.38. The molecule has 3 fully saturated rings. The van der Waals surface area contributed by atoms with E-state index in [-0.39, 0.29) is 0 Å². The van der Waals surface area contributed by atoms with Gasteiger partial charge in [0.15, 0.2) is 0 Å². The zero-order chi connectivity index (χ0) is 7.14. The van der Waals surface area contributed by atoms with Crippen LogP contribution < -0.4 is 0 Å². The zero-order valence-corrected chi connectivity index (χ0v) is 8.81. The summed E-state index contributed by atoms with van der Waals surface area (Å²) in [5, 5.41) is 0.518. The van der Waals surface area contributed by atoms with Crippen LogP contribution >= 0.6 is 34.2 Å². The molecular weight excluding hydrogens is 258 g/mol. The lowest BCUT2D eigenvalue weighted by molar-refractivity contribution is 0.197. The van der Waals surface area contributed by atoms with Crippen molar-refractivity contribution in [1.82, 2.24) is 0 Å². The predicted molar refractivity (Wildman–Crippen MR) is 52.9 cm³/mol. The molecule has 0 aliphatic heterocycles. The number of hydrogen-bond acceptors (Lipinski definition) is 0. The van der Waals surface area contributed by atoms with E-state index in [2.05, 4.69) is 22.6 Å². The molecule has 2 heteroatoms. The van der Waals surface area contributed by atoms with Crippen LogP contribution in [-0.2, 0) is 0 Å². The highest BCUT2D eigenvalue weighted by molar-refractivity contribution is 14.1. The number of halogens is 2. The first-order valence-electron chi connectivity index (χ1n) is 4.05. The molecule has 0 heterocycles. The molecule has 3 aliphatic rings. The molecule has 0 aromatic rings. The standard InChI is InChI=1S/C8H12ClI/c9-7-3-6-2-1-5(7)4-8(6)10/h5-8H,1-4H2. The van der Waals surface area contributed by atoms with Gasteiger partial charge in [0.05, 0.1) is 0 Å². The summed E-state index contributed by atoms with van der Waals surface area (Å²) in [5.41, 5.74) is 0. The molecule has 0 amide bonds. The first-order chi connectivity index (χ1) is 4.77. The average Bonchev–Trinajstić information content (AvgIpc) is 1.91. The number of fused-ring (bicyclic) bond motifs is 3. The second-order valence-corrected chi connectivity index (χ2v) is 5.76. The first-order valence-corrected chi connectivity index (χ1v) is 5.73. The van der Waals surface area contributed by atoms with Crippen molar-refractivity contribution in [2.45, 2.75) is 35.0 Å². The summed E-state index contributed by atoms with van der Waals surface area (Å²) >= 11 is 8.78. The van der Waals surface area contributed by atoms with E-state index in [0.29, 0.717) is 5.38 Å². The second-order valence-electron chi connectivity index (χ2n) is 3.60. The molecule has 0 spiro atoms. The lowest BCUT2D eigenvalue weighted by atomic mass is 9.70. The van der Waals surface area contributed by atoms with Crippen molar-refractivity contribution >= 4 is 34.2 Å². The zero-order valence-electron chi connectivity index (χ0n) is 5.89. The topological polar surface area (TPSA) is 0 Å². The summed E-state index contributed by atoms with van der Waals surface area (Å²) in [6.07, 6.45) is 5.53. The van der Waals surface area contributed by atoms with E-state index in [4.69, 9.17) is 11.6 Å². The normalized spacial score (nSPS) is 53.4. The quantitative estimate of drug-likeness (QED) is 0.468. The van der Waals surface area contributed by atoms with Crippen LogP contribution in [0.5, 0.6) is 0 Å². The summed E-state index contributed by atoms with van der Waals surface area (Å²) in [5.74, 6) is 1.81. The third-order valence-corrected chi connectivity index (χ3v) is 5.05. The molecule has 3 rings (SSSR count). The minimum Gasteiger partial charge on any atom is -0.123 e. The summed E-state index contributed by atoms with van der Waals surface area (Å²) in [6, 6.07) is 0. The maximum absolute atomic E-state index is 6.18. The molecule has 0 aromatic carbocycles. The highest BCUT2D eigenvalue weighted by Gasteiger charge is 2.39. The summed E-state index contributed by atoms with van der Waals surface area (Å²) in [6.45, 7) is 0. The van der Waals surface area contributed by atoms with Gasteiger partial charge < -0.3 is 0 Å². The van der Waals surface area contributed by atoms with Crippen molar-refractivity contribution in [2.24, 2.45) is 11.8 Å². The van der Waals surface area contributed by atoms with E-state index >= 15 is 0 Å². The van der Waals surface area contributed by atoms with Crippen molar-refractivity contribution < 1.29 is 0 Å². The van der Waals surface area contributed by atoms with Crippen LogP contribution in [0.25, 0.3) is 0 Å². The van der Waals surface area contributed by atoms with E-state index < -0.39 is 0 Å². The van der Waals surface area contributed by atoms with Gasteiger partial charge in [0.2, 0.25) is 0 Å². The molecule has 10 heavy (non-hydrogen) atoms. The highest BCUT2D eigenvalue weighted by Crippen LogP contribution is 2.46. The fourth-order valence-corrected chi connectivity index (χ4v) is 4.05.